The predicted molar refractivity (Wildman–Crippen MR) is 64.8 cm³/mol. The SMILES string of the molecule is CCN(C)C(=O)[C@@H](N)Cc1ccc(O)c(O)c1. The predicted octanol–water partition coefficient (Wildman–Crippen LogP) is 0.446. The Balaban J connectivity index is 2.71. The smallest absolute Gasteiger partial charge is 0.239 e. The number of amides is 1. The van der Waals surface area contributed by atoms with Crippen LogP contribution in [0.15, 0.2) is 18.2 Å². The molecule has 94 valence electrons. The van der Waals surface area contributed by atoms with Crippen molar-refractivity contribution in [1.29, 1.82) is 0 Å². The van der Waals surface area contributed by atoms with Gasteiger partial charge < -0.3 is 20.8 Å². The number of carbonyl (C=O) groups is 1. The van der Waals surface area contributed by atoms with Gasteiger partial charge in [0, 0.05) is 13.6 Å². The van der Waals surface area contributed by atoms with E-state index in [9.17, 15) is 9.90 Å². The van der Waals surface area contributed by atoms with Crippen LogP contribution in [0.3, 0.4) is 0 Å². The lowest BCUT2D eigenvalue weighted by Crippen LogP contribution is -2.42. The number of rotatable bonds is 4. The van der Waals surface area contributed by atoms with Crippen LogP contribution in [0.2, 0.25) is 0 Å². The minimum absolute atomic E-state index is 0.139. The molecule has 0 radical (unpaired) electrons. The number of benzene rings is 1. The minimum atomic E-state index is -0.635. The van der Waals surface area contributed by atoms with Crippen molar-refractivity contribution >= 4 is 5.91 Å². The maximum atomic E-state index is 11.7. The summed E-state index contributed by atoms with van der Waals surface area (Å²) < 4.78 is 0. The molecule has 0 heterocycles. The van der Waals surface area contributed by atoms with E-state index < -0.39 is 6.04 Å². The van der Waals surface area contributed by atoms with Gasteiger partial charge in [-0.25, -0.2) is 0 Å². The summed E-state index contributed by atoms with van der Waals surface area (Å²) in [6.07, 6.45) is 0.330. The first-order valence-corrected chi connectivity index (χ1v) is 5.47. The zero-order chi connectivity index (χ0) is 13.0. The molecule has 1 rings (SSSR count). The fourth-order valence-electron chi connectivity index (χ4n) is 1.48. The number of phenolic OH excluding ortho intramolecular Hbond substituents is 2. The minimum Gasteiger partial charge on any atom is -0.504 e. The van der Waals surface area contributed by atoms with Gasteiger partial charge in [-0.2, -0.15) is 0 Å². The molecule has 0 aliphatic heterocycles. The fourth-order valence-corrected chi connectivity index (χ4v) is 1.48. The van der Waals surface area contributed by atoms with Crippen LogP contribution in [-0.4, -0.2) is 40.7 Å². The number of likely N-dealkylation sites (N-methyl/N-ethyl adjacent to an activating group) is 1. The molecule has 1 atom stereocenters. The van der Waals surface area contributed by atoms with E-state index in [1.165, 1.54) is 12.1 Å². The number of nitrogens with two attached hydrogens (primary N) is 1. The second-order valence-electron chi connectivity index (χ2n) is 3.99. The number of carbonyl (C=O) groups excluding carboxylic acids is 1. The molecule has 0 unspecified atom stereocenters. The first kappa shape index (κ1) is 13.3. The monoisotopic (exact) mass is 238 g/mol. The van der Waals surface area contributed by atoms with E-state index in [1.54, 1.807) is 18.0 Å². The van der Waals surface area contributed by atoms with E-state index in [4.69, 9.17) is 10.8 Å². The van der Waals surface area contributed by atoms with E-state index in [1.807, 2.05) is 6.92 Å². The lowest BCUT2D eigenvalue weighted by atomic mass is 10.1. The molecule has 0 aromatic heterocycles. The van der Waals surface area contributed by atoms with Crippen molar-refractivity contribution < 1.29 is 15.0 Å². The number of phenols is 2. The Morgan fingerprint density at radius 2 is 2.06 bits per heavy atom. The first-order chi connectivity index (χ1) is 7.95. The molecule has 0 bridgehead atoms. The molecule has 5 nitrogen and oxygen atoms in total. The van der Waals surface area contributed by atoms with Crippen molar-refractivity contribution in [1.82, 2.24) is 4.90 Å². The van der Waals surface area contributed by atoms with E-state index in [2.05, 4.69) is 0 Å². The molecule has 0 saturated carbocycles. The highest BCUT2D eigenvalue weighted by Crippen LogP contribution is 2.25. The molecular formula is C12H18N2O3. The van der Waals surface area contributed by atoms with E-state index in [-0.39, 0.29) is 17.4 Å². The van der Waals surface area contributed by atoms with Gasteiger partial charge in [0.05, 0.1) is 6.04 Å². The normalized spacial score (nSPS) is 12.2. The third kappa shape index (κ3) is 3.35. The lowest BCUT2D eigenvalue weighted by Gasteiger charge is -2.19. The Hall–Kier alpha value is -1.75. The highest BCUT2D eigenvalue weighted by Gasteiger charge is 2.17. The highest BCUT2D eigenvalue weighted by atomic mass is 16.3. The fraction of sp³-hybridized carbons (Fsp3) is 0.417. The van der Waals surface area contributed by atoms with Crippen LogP contribution in [0.5, 0.6) is 11.5 Å². The third-order valence-electron chi connectivity index (χ3n) is 2.66. The van der Waals surface area contributed by atoms with Crippen molar-refractivity contribution in [3.05, 3.63) is 23.8 Å². The molecule has 0 aliphatic rings. The Bertz CT molecular complexity index is 407. The van der Waals surface area contributed by atoms with Gasteiger partial charge in [0.1, 0.15) is 0 Å². The zero-order valence-corrected chi connectivity index (χ0v) is 10.1. The molecule has 1 aromatic rings. The Morgan fingerprint density at radius 3 is 2.59 bits per heavy atom. The average Bonchev–Trinajstić information content (AvgIpc) is 2.31. The summed E-state index contributed by atoms with van der Waals surface area (Å²) in [6.45, 7) is 2.48. The third-order valence-corrected chi connectivity index (χ3v) is 2.66. The highest BCUT2D eigenvalue weighted by molar-refractivity contribution is 5.81. The van der Waals surface area contributed by atoms with Crippen LogP contribution >= 0.6 is 0 Å². The van der Waals surface area contributed by atoms with Crippen molar-refractivity contribution in [2.24, 2.45) is 5.73 Å². The number of hydrogen-bond donors (Lipinski definition) is 3. The number of aromatic hydroxyl groups is 2. The van der Waals surface area contributed by atoms with Crippen LogP contribution in [0, 0.1) is 0 Å². The zero-order valence-electron chi connectivity index (χ0n) is 10.1. The van der Waals surface area contributed by atoms with Gasteiger partial charge in [-0.3, -0.25) is 4.79 Å². The second kappa shape index (κ2) is 5.54. The molecule has 1 aromatic carbocycles. The van der Waals surface area contributed by atoms with Crippen molar-refractivity contribution in [2.45, 2.75) is 19.4 Å². The summed E-state index contributed by atoms with van der Waals surface area (Å²) in [7, 11) is 1.69. The molecule has 4 N–H and O–H groups in total. The Morgan fingerprint density at radius 1 is 1.41 bits per heavy atom. The van der Waals surface area contributed by atoms with Gasteiger partial charge in [0.25, 0.3) is 0 Å². The standard InChI is InChI=1S/C12H18N2O3/c1-3-14(2)12(17)9(13)6-8-4-5-10(15)11(16)7-8/h4-5,7,9,15-16H,3,6,13H2,1-2H3/t9-/m0/s1. The summed E-state index contributed by atoms with van der Waals surface area (Å²) in [5, 5.41) is 18.5. The summed E-state index contributed by atoms with van der Waals surface area (Å²) in [6, 6.07) is 3.79. The molecule has 0 fully saturated rings. The molecule has 5 heteroatoms. The van der Waals surface area contributed by atoms with Crippen LogP contribution < -0.4 is 5.73 Å². The molecule has 1 amide bonds. The average molecular weight is 238 g/mol. The molecule has 17 heavy (non-hydrogen) atoms. The van der Waals surface area contributed by atoms with Crippen LogP contribution in [0.1, 0.15) is 12.5 Å². The lowest BCUT2D eigenvalue weighted by molar-refractivity contribution is -0.131. The van der Waals surface area contributed by atoms with E-state index >= 15 is 0 Å². The van der Waals surface area contributed by atoms with Gasteiger partial charge >= 0.3 is 0 Å². The maximum absolute atomic E-state index is 11.7. The van der Waals surface area contributed by atoms with E-state index in [0.717, 1.165) is 0 Å². The van der Waals surface area contributed by atoms with Gasteiger partial charge in [0.2, 0.25) is 5.91 Å². The summed E-state index contributed by atoms with van der Waals surface area (Å²) in [4.78, 5) is 13.3. The molecule has 0 spiro atoms. The number of hydrogen-bond acceptors (Lipinski definition) is 4. The van der Waals surface area contributed by atoms with E-state index in [0.29, 0.717) is 18.5 Å². The van der Waals surface area contributed by atoms with Gasteiger partial charge in [-0.1, -0.05) is 6.07 Å². The van der Waals surface area contributed by atoms with Gasteiger partial charge in [-0.15, -0.1) is 0 Å². The van der Waals surface area contributed by atoms with Crippen LogP contribution in [0.4, 0.5) is 0 Å². The Labute approximate surface area is 100 Å². The number of nitrogens with zero attached hydrogens (tertiary/aromatic N) is 1. The molecule has 0 aliphatic carbocycles. The second-order valence-corrected chi connectivity index (χ2v) is 3.99. The maximum Gasteiger partial charge on any atom is 0.239 e. The van der Waals surface area contributed by atoms with Gasteiger partial charge in [-0.05, 0) is 31.0 Å². The summed E-state index contributed by atoms with van der Waals surface area (Å²) in [5.74, 6) is -0.523. The Kier molecular flexibility index (Phi) is 4.34. The molecular weight excluding hydrogens is 220 g/mol. The summed E-state index contributed by atoms with van der Waals surface area (Å²) in [5.41, 5.74) is 6.49. The van der Waals surface area contributed by atoms with Crippen molar-refractivity contribution in [3.8, 4) is 11.5 Å². The van der Waals surface area contributed by atoms with Gasteiger partial charge in [0.15, 0.2) is 11.5 Å². The largest absolute Gasteiger partial charge is 0.504 e. The van der Waals surface area contributed by atoms with Crippen LogP contribution in [0.25, 0.3) is 0 Å². The van der Waals surface area contributed by atoms with Crippen molar-refractivity contribution in [3.63, 3.8) is 0 Å². The quantitative estimate of drug-likeness (QED) is 0.664. The summed E-state index contributed by atoms with van der Waals surface area (Å²) >= 11 is 0. The molecule has 0 saturated heterocycles. The first-order valence-electron chi connectivity index (χ1n) is 5.47. The van der Waals surface area contributed by atoms with Crippen LogP contribution in [-0.2, 0) is 11.2 Å². The topological polar surface area (TPSA) is 86.8 Å². The van der Waals surface area contributed by atoms with Crippen molar-refractivity contribution in [2.75, 3.05) is 13.6 Å².